The number of hydrogen-bond donors (Lipinski definition) is 3. The lowest BCUT2D eigenvalue weighted by molar-refractivity contribution is -0.129. The molecule has 5 aromatic carbocycles. The lowest BCUT2D eigenvalue weighted by atomic mass is 9.96. The van der Waals surface area contributed by atoms with Gasteiger partial charge in [-0.15, -0.1) is 0 Å². The average molecular weight is 1810 g/mol. The van der Waals surface area contributed by atoms with Gasteiger partial charge in [0.05, 0.1) is 114 Å². The highest BCUT2D eigenvalue weighted by Crippen LogP contribution is 2.50. The van der Waals surface area contributed by atoms with Gasteiger partial charge in [-0.05, 0) is 167 Å². The first-order valence-electron chi connectivity index (χ1n) is 43.3. The van der Waals surface area contributed by atoms with E-state index in [2.05, 4.69) is 39.6 Å². The number of nitrogen functional groups attached to an aromatic ring is 3. The summed E-state index contributed by atoms with van der Waals surface area (Å²) >= 11 is 6.85. The third kappa shape index (κ3) is 15.2. The Balaban J connectivity index is 0.000000144. The molecule has 6 N–H and O–H groups in total. The van der Waals surface area contributed by atoms with Gasteiger partial charge in [0, 0.05) is 139 Å². The van der Waals surface area contributed by atoms with E-state index < -0.39 is 79.7 Å². The molecule has 0 spiro atoms. The number of aromatic nitrogens is 7. The van der Waals surface area contributed by atoms with Gasteiger partial charge in [-0.1, -0.05) is 91.1 Å². The van der Waals surface area contributed by atoms with Crippen LogP contribution < -0.4 is 58.1 Å². The van der Waals surface area contributed by atoms with E-state index in [1.54, 1.807) is 71.4 Å². The Labute approximate surface area is 755 Å². The van der Waals surface area contributed by atoms with Crippen LogP contribution in [0.1, 0.15) is 126 Å². The first-order chi connectivity index (χ1) is 62.4. The number of halogens is 8. The van der Waals surface area contributed by atoms with E-state index in [0.717, 1.165) is 23.8 Å². The van der Waals surface area contributed by atoms with Gasteiger partial charge in [-0.2, -0.15) is 0 Å². The SMILES string of the molecule is C=CC(=O)N1CC2CCOc3c(c4cc(F)c(-c5c(N)cccc5F)c(F)c4n(-c4c(C)ccnc4C(C)C)c3=O)N2CC1C.C=CC(=O)N1CC2COc3c(c4cc(Cl)c(-c5c(N)cccc5F)nc4n(-c4c(C)ccnc4C(C)C)c3=O)N2CC1C.C=CC(=O)N1CC2Cc3c(c4cc(F)c(-c5c(N)cccc5F)c(F)c4n(-c4c(C)ccnc4C(C)C)c3=O)N2CC1C. The van der Waals surface area contributed by atoms with E-state index in [-0.39, 0.29) is 176 Å². The molecule has 0 aliphatic carbocycles. The van der Waals surface area contributed by atoms with Crippen molar-refractivity contribution >= 4 is 96.3 Å². The van der Waals surface area contributed by atoms with Crippen LogP contribution in [0.4, 0.5) is 64.9 Å². The molecule has 18 rings (SSSR count). The molecule has 6 atom stereocenters. The number of rotatable bonds is 12. The Morgan fingerprint density at radius 3 is 1.28 bits per heavy atom. The first kappa shape index (κ1) is 90.5. The maximum Gasteiger partial charge on any atom is 0.301 e. The zero-order valence-electron chi connectivity index (χ0n) is 74.3. The fraction of sp³-hybridized carbons (Fsp3) is 0.313. The maximum absolute atomic E-state index is 17.2. The Kier molecular flexibility index (Phi) is 24.3. The van der Waals surface area contributed by atoms with Gasteiger partial charge >= 0.3 is 5.56 Å². The number of nitrogens with zero attached hydrogens (tertiary/aromatic N) is 13. The third-order valence-electron chi connectivity index (χ3n) is 25.7. The summed E-state index contributed by atoms with van der Waals surface area (Å²) in [5.74, 6) is -7.52. The molecule has 24 nitrogen and oxygen atoms in total. The van der Waals surface area contributed by atoms with Gasteiger partial charge in [0.1, 0.15) is 35.7 Å². The first-order valence-corrected chi connectivity index (χ1v) is 43.7. The summed E-state index contributed by atoms with van der Waals surface area (Å²) < 4.78 is 128. The number of benzene rings is 5. The van der Waals surface area contributed by atoms with Gasteiger partial charge in [-0.25, -0.2) is 35.7 Å². The smallest absolute Gasteiger partial charge is 0.301 e. The highest BCUT2D eigenvalue weighted by atomic mass is 35.5. The number of hydrogen-bond acceptors (Lipinski definition) is 18. The van der Waals surface area contributed by atoms with Crippen LogP contribution in [0.15, 0.2) is 162 Å². The molecular weight excluding hydrogens is 1710 g/mol. The molecule has 3 amide bonds. The van der Waals surface area contributed by atoms with Gasteiger partial charge in [0.25, 0.3) is 11.1 Å². The van der Waals surface area contributed by atoms with Gasteiger partial charge in [0.15, 0.2) is 17.3 Å². The van der Waals surface area contributed by atoms with E-state index >= 15 is 30.7 Å². The summed E-state index contributed by atoms with van der Waals surface area (Å²) in [6, 6.07) is 19.7. The second-order valence-electron chi connectivity index (χ2n) is 35.0. The Morgan fingerprint density at radius 1 is 0.458 bits per heavy atom. The molecule has 131 heavy (non-hydrogen) atoms. The molecule has 12 aromatic rings. The number of anilines is 6. The maximum atomic E-state index is 17.2. The number of nitrogens with two attached hydrogens (primary N) is 3. The van der Waals surface area contributed by atoms with Crippen molar-refractivity contribution in [3.63, 3.8) is 0 Å². The van der Waals surface area contributed by atoms with Crippen LogP contribution in [0.2, 0.25) is 5.02 Å². The van der Waals surface area contributed by atoms with E-state index in [1.807, 2.05) is 85.1 Å². The summed E-state index contributed by atoms with van der Waals surface area (Å²) in [6.07, 6.45) is 9.49. The van der Waals surface area contributed by atoms with Gasteiger partial charge in [-0.3, -0.25) is 57.4 Å². The molecule has 0 saturated carbocycles. The van der Waals surface area contributed by atoms with Crippen molar-refractivity contribution in [2.75, 3.05) is 84.4 Å². The van der Waals surface area contributed by atoms with Crippen molar-refractivity contribution in [2.24, 2.45) is 0 Å². The fourth-order valence-corrected chi connectivity index (χ4v) is 19.8. The van der Waals surface area contributed by atoms with Crippen LogP contribution in [-0.4, -0.2) is 155 Å². The number of carbonyl (C=O) groups is 3. The molecule has 0 radical (unpaired) electrons. The minimum absolute atomic E-state index is 0.0245. The van der Waals surface area contributed by atoms with Crippen molar-refractivity contribution in [1.29, 1.82) is 0 Å². The highest BCUT2D eigenvalue weighted by molar-refractivity contribution is 6.34. The average Bonchev–Trinajstić information content (AvgIpc) is 1.66. The number of fused-ring (bicyclic) bond motifs is 15. The van der Waals surface area contributed by atoms with Crippen molar-refractivity contribution < 1.29 is 54.6 Å². The molecule has 6 unspecified atom stereocenters. The quantitative estimate of drug-likeness (QED) is 0.0582. The zero-order valence-corrected chi connectivity index (χ0v) is 75.1. The van der Waals surface area contributed by atoms with Crippen LogP contribution in [0.25, 0.3) is 83.4 Å². The molecule has 3 fully saturated rings. The van der Waals surface area contributed by atoms with Crippen LogP contribution in [0.5, 0.6) is 11.5 Å². The minimum atomic E-state index is -1.14. The molecule has 13 heterocycles. The lowest BCUT2D eigenvalue weighted by Crippen LogP contribution is -2.62. The number of pyridine rings is 7. The Morgan fingerprint density at radius 2 is 0.840 bits per heavy atom. The van der Waals surface area contributed by atoms with E-state index in [9.17, 15) is 28.8 Å². The van der Waals surface area contributed by atoms with E-state index in [0.29, 0.717) is 107 Å². The number of piperazine rings is 3. The monoisotopic (exact) mass is 1810 g/mol. The highest BCUT2D eigenvalue weighted by Gasteiger charge is 2.46. The van der Waals surface area contributed by atoms with Gasteiger partial charge < -0.3 is 56.1 Å². The predicted octanol–water partition coefficient (Wildman–Crippen LogP) is 16.7. The summed E-state index contributed by atoms with van der Waals surface area (Å²) in [6.45, 7) is 36.1. The van der Waals surface area contributed by atoms with Gasteiger partial charge in [0.2, 0.25) is 29.2 Å². The predicted molar refractivity (Wildman–Crippen MR) is 497 cm³/mol. The van der Waals surface area contributed by atoms with Crippen LogP contribution in [0.3, 0.4) is 0 Å². The van der Waals surface area contributed by atoms with Crippen LogP contribution >= 0.6 is 11.6 Å². The third-order valence-corrected chi connectivity index (χ3v) is 26.0. The summed E-state index contributed by atoms with van der Waals surface area (Å²) in [5.41, 5.74) is 21.3. The molecule has 32 heteroatoms. The molecular formula is C99H98ClF7N16O8. The standard InChI is InChI=1S/C34H34F3N5O3.C33H32F3N5O2.C32H32ClFN6O3/c1-6-25(43)40-16-20-11-13-45-33-32(41(20)15-19(40)5)21-14-23(36)27(26-22(35)8-7-9-24(26)38)28(37)31(21)42(34(33)44)30-18(4)10-12-39-29(30)17(2)3;1-6-25(42)39-15-19-12-21-31(40(19)14-18(39)5)20-13-23(35)27(26-22(34)8-7-9-24(26)37)28(36)32(20)41(33(21)43)30-17(4)10-11-38-29(30)16(2)3;1-6-24(41)38-14-19-15-43-30-29(39(19)13-18(38)5)20-12-21(33)27(25-22(34)8-7-9-23(25)35)37-31(20)40(32(30)42)28-17(4)10-11-36-26(28)16(2)3/h6-10,12,14,17,19-20H,1,11,13,15-16,38H2,2-5H3;6-11,13,16,18-19H,1,12,14-15,37H2,2-5H3;6-12,16,18-19H,1,13-15,35H2,2-5H3. The number of aryl methyl sites for hydroxylation is 3. The zero-order chi connectivity index (χ0) is 94.0. The largest absolute Gasteiger partial charge is 0.486 e. The lowest BCUT2D eigenvalue weighted by Gasteiger charge is -2.48. The molecule has 6 aliphatic rings. The number of amides is 3. The molecule has 6 aliphatic heterocycles. The summed E-state index contributed by atoms with van der Waals surface area (Å²) in [4.78, 5) is 111. The molecule has 678 valence electrons. The number of carbonyl (C=O) groups excluding carboxylic acids is 3. The van der Waals surface area contributed by atoms with Crippen molar-refractivity contribution in [2.45, 2.75) is 150 Å². The van der Waals surface area contributed by atoms with E-state index in [1.165, 1.54) is 74.4 Å². The molecule has 7 aromatic heterocycles. The molecule has 3 saturated heterocycles. The Hall–Kier alpha value is -13.8. The molecule has 0 bridgehead atoms. The number of ether oxygens (including phenoxy) is 2. The van der Waals surface area contributed by atoms with Crippen molar-refractivity contribution in [1.82, 2.24) is 48.3 Å². The van der Waals surface area contributed by atoms with E-state index in [4.69, 9.17) is 43.3 Å². The topological polar surface area (TPSA) is 285 Å². The fourth-order valence-electron chi connectivity index (χ4n) is 19.5. The van der Waals surface area contributed by atoms with Crippen molar-refractivity contribution in [3.8, 4) is 62.1 Å². The van der Waals surface area contributed by atoms with Crippen LogP contribution in [0, 0.1) is 61.5 Å². The van der Waals surface area contributed by atoms with Crippen LogP contribution in [-0.2, 0) is 20.8 Å². The normalized spacial score (nSPS) is 17.9. The van der Waals surface area contributed by atoms with Crippen molar-refractivity contribution in [3.05, 3.63) is 264 Å². The summed E-state index contributed by atoms with van der Waals surface area (Å²) in [7, 11) is 0. The second-order valence-corrected chi connectivity index (χ2v) is 35.5. The minimum Gasteiger partial charge on any atom is -0.486 e. The summed E-state index contributed by atoms with van der Waals surface area (Å²) in [5, 5.41) is 0.967. The second kappa shape index (κ2) is 35.2. The Bertz CT molecular complexity index is 6960.